The van der Waals surface area contributed by atoms with Crippen molar-refractivity contribution in [2.45, 2.75) is 38.1 Å². The molecule has 1 N–H and O–H groups in total. The monoisotopic (exact) mass is 546 g/mol. The predicted octanol–water partition coefficient (Wildman–Crippen LogP) is 7.41. The quantitative estimate of drug-likeness (QED) is 0.105. The molecule has 35 heavy (non-hydrogen) atoms. The Morgan fingerprint density at radius 1 is 1.00 bits per heavy atom. The van der Waals surface area contributed by atoms with Crippen molar-refractivity contribution in [2.75, 3.05) is 6.61 Å². The number of hydrazone groups is 1. The first-order valence-electron chi connectivity index (χ1n) is 9.83. The number of allylic oxidation sites excluding steroid dienone is 1. The molecule has 0 atom stereocenters. The molecule has 2 aromatic carbocycles. The second-order valence-corrected chi connectivity index (χ2v) is 7.82. The number of nitrogens with one attached hydrogen (secondary N) is 1. The number of halogens is 9. The highest BCUT2D eigenvalue weighted by Gasteiger charge is 2.73. The van der Waals surface area contributed by atoms with Crippen LogP contribution in [0.25, 0.3) is 0 Å². The van der Waals surface area contributed by atoms with E-state index in [4.69, 9.17) is 32.7 Å². The van der Waals surface area contributed by atoms with E-state index in [0.29, 0.717) is 32.8 Å². The summed E-state index contributed by atoms with van der Waals surface area (Å²) in [4.78, 5) is 0. The number of hydrogen-bond acceptors (Lipinski definition) is 4. The Kier molecular flexibility index (Phi) is 9.29. The number of rotatable bonds is 11. The molecule has 0 bridgehead atoms. The summed E-state index contributed by atoms with van der Waals surface area (Å²) >= 11 is 12.0. The summed E-state index contributed by atoms with van der Waals surface area (Å²) in [7, 11) is 0. The summed E-state index contributed by atoms with van der Waals surface area (Å²) in [5.74, 6) is -5.94. The highest BCUT2D eigenvalue weighted by molar-refractivity contribution is 6.35. The number of benzene rings is 2. The summed E-state index contributed by atoms with van der Waals surface area (Å²) in [5, 5.41) is 3.66. The van der Waals surface area contributed by atoms with Gasteiger partial charge in [0.25, 0.3) is 0 Å². The SMILES string of the molecule is C=CCc1cc(/C=N/NC(F)(F)C(F)(F)C(F)(F)F)cc(OCC)c1OCc1ccc(Cl)cc1Cl. The molecule has 0 saturated heterocycles. The lowest BCUT2D eigenvalue weighted by atomic mass is 10.1. The fourth-order valence-electron chi connectivity index (χ4n) is 2.72. The van der Waals surface area contributed by atoms with Crippen LogP contribution in [-0.2, 0) is 13.0 Å². The van der Waals surface area contributed by atoms with Crippen molar-refractivity contribution < 1.29 is 40.2 Å². The molecule has 0 radical (unpaired) electrons. The molecule has 0 fully saturated rings. The number of nitrogens with zero attached hydrogens (tertiary/aromatic N) is 1. The van der Waals surface area contributed by atoms with E-state index < -0.39 is 18.1 Å². The van der Waals surface area contributed by atoms with E-state index in [1.165, 1.54) is 24.3 Å². The van der Waals surface area contributed by atoms with Crippen LogP contribution in [0.15, 0.2) is 48.1 Å². The Labute approximate surface area is 206 Å². The third-order valence-corrected chi connectivity index (χ3v) is 4.96. The third kappa shape index (κ3) is 6.94. The second-order valence-electron chi connectivity index (χ2n) is 6.97. The first-order chi connectivity index (χ1) is 16.2. The van der Waals surface area contributed by atoms with Gasteiger partial charge in [-0.05, 0) is 43.2 Å². The normalized spacial score (nSPS) is 12.6. The molecule has 0 aromatic heterocycles. The first kappa shape index (κ1) is 28.6. The van der Waals surface area contributed by atoms with Crippen molar-refractivity contribution in [3.63, 3.8) is 0 Å². The van der Waals surface area contributed by atoms with Crippen molar-refractivity contribution in [2.24, 2.45) is 5.10 Å². The molecular formula is C22H19Cl2F7N2O2. The Bertz CT molecular complexity index is 1080. The van der Waals surface area contributed by atoms with Crippen molar-refractivity contribution in [3.8, 4) is 11.5 Å². The Hall–Kier alpha value is -2.66. The van der Waals surface area contributed by atoms with E-state index in [0.717, 1.165) is 0 Å². The van der Waals surface area contributed by atoms with E-state index in [1.807, 2.05) is 0 Å². The number of alkyl halides is 7. The zero-order chi connectivity index (χ0) is 26.4. The van der Waals surface area contributed by atoms with E-state index in [2.05, 4.69) is 11.7 Å². The van der Waals surface area contributed by atoms with Gasteiger partial charge in [-0.15, -0.1) is 6.58 Å². The fourth-order valence-corrected chi connectivity index (χ4v) is 3.18. The number of ether oxygens (including phenoxy) is 2. The average molecular weight is 547 g/mol. The highest BCUT2D eigenvalue weighted by Crippen LogP contribution is 2.45. The minimum atomic E-state index is -6.48. The van der Waals surface area contributed by atoms with Crippen LogP contribution in [0.5, 0.6) is 11.5 Å². The van der Waals surface area contributed by atoms with E-state index >= 15 is 0 Å². The van der Waals surface area contributed by atoms with Crippen LogP contribution >= 0.6 is 23.2 Å². The van der Waals surface area contributed by atoms with Gasteiger partial charge in [-0.3, -0.25) is 0 Å². The average Bonchev–Trinajstić information content (AvgIpc) is 2.74. The van der Waals surface area contributed by atoms with E-state index in [-0.39, 0.29) is 36.7 Å². The van der Waals surface area contributed by atoms with Crippen LogP contribution in [0, 0.1) is 0 Å². The van der Waals surface area contributed by atoms with Gasteiger partial charge in [0, 0.05) is 21.2 Å². The Morgan fingerprint density at radius 3 is 2.26 bits per heavy atom. The molecule has 0 saturated carbocycles. The standard InChI is InChI=1S/C22H19Cl2F7N2O2/c1-3-5-14-8-13(11-32-33-22(30,31)20(25,26)21(27,28)29)9-18(34-4-2)19(14)35-12-15-6-7-16(23)10-17(15)24/h3,6-11,33H,1,4-5,12H2,2H3/b32-11+. The fraction of sp³-hybridized carbons (Fsp3) is 0.318. The minimum absolute atomic E-state index is 0.00790. The molecule has 4 nitrogen and oxygen atoms in total. The van der Waals surface area contributed by atoms with Gasteiger partial charge in [-0.2, -0.15) is 35.8 Å². The summed E-state index contributed by atoms with van der Waals surface area (Å²) < 4.78 is 101. The van der Waals surface area contributed by atoms with E-state index in [9.17, 15) is 30.7 Å². The summed E-state index contributed by atoms with van der Waals surface area (Å²) in [5.41, 5.74) is 1.69. The van der Waals surface area contributed by atoms with Crippen LogP contribution in [0.2, 0.25) is 10.0 Å². The van der Waals surface area contributed by atoms with Crippen molar-refractivity contribution in [1.29, 1.82) is 0 Å². The molecule has 0 aliphatic carbocycles. The highest BCUT2D eigenvalue weighted by atomic mass is 35.5. The van der Waals surface area contributed by atoms with Gasteiger partial charge in [0.05, 0.1) is 12.8 Å². The third-order valence-electron chi connectivity index (χ3n) is 4.37. The van der Waals surface area contributed by atoms with Crippen LogP contribution in [0.3, 0.4) is 0 Å². The molecule has 0 unspecified atom stereocenters. The first-order valence-corrected chi connectivity index (χ1v) is 10.6. The summed E-state index contributed by atoms with van der Waals surface area (Å²) in [6.07, 6.45) is -4.12. The zero-order valence-electron chi connectivity index (χ0n) is 18.0. The maximum atomic E-state index is 13.4. The lowest BCUT2D eigenvalue weighted by molar-refractivity contribution is -0.361. The van der Waals surface area contributed by atoms with Crippen LogP contribution in [0.4, 0.5) is 30.7 Å². The van der Waals surface area contributed by atoms with Crippen molar-refractivity contribution in [3.05, 3.63) is 69.7 Å². The lowest BCUT2D eigenvalue weighted by Gasteiger charge is -2.27. The van der Waals surface area contributed by atoms with Gasteiger partial charge in [0.1, 0.15) is 6.61 Å². The van der Waals surface area contributed by atoms with Gasteiger partial charge in [0.2, 0.25) is 0 Å². The molecule has 13 heteroatoms. The predicted molar refractivity (Wildman–Crippen MR) is 119 cm³/mol. The molecule has 192 valence electrons. The zero-order valence-corrected chi connectivity index (χ0v) is 19.5. The van der Waals surface area contributed by atoms with Crippen molar-refractivity contribution >= 4 is 29.4 Å². The second kappa shape index (κ2) is 11.4. The molecule has 2 aromatic rings. The maximum Gasteiger partial charge on any atom is 0.462 e. The van der Waals surface area contributed by atoms with Gasteiger partial charge >= 0.3 is 18.1 Å². The number of hydrogen-bond donors (Lipinski definition) is 1. The van der Waals surface area contributed by atoms with Crippen LogP contribution < -0.4 is 14.9 Å². The smallest absolute Gasteiger partial charge is 0.462 e. The Morgan fingerprint density at radius 2 is 1.69 bits per heavy atom. The molecular weight excluding hydrogens is 528 g/mol. The largest absolute Gasteiger partial charge is 0.490 e. The molecule has 0 amide bonds. The Balaban J connectivity index is 2.34. The lowest BCUT2D eigenvalue weighted by Crippen LogP contribution is -2.58. The van der Waals surface area contributed by atoms with Gasteiger partial charge in [-0.1, -0.05) is 35.3 Å². The molecule has 0 aliphatic heterocycles. The van der Waals surface area contributed by atoms with Gasteiger partial charge < -0.3 is 9.47 Å². The molecule has 0 spiro atoms. The topological polar surface area (TPSA) is 42.9 Å². The van der Waals surface area contributed by atoms with Gasteiger partial charge in [0.15, 0.2) is 11.5 Å². The van der Waals surface area contributed by atoms with Crippen molar-refractivity contribution in [1.82, 2.24) is 5.43 Å². The van der Waals surface area contributed by atoms with Gasteiger partial charge in [-0.25, -0.2) is 5.43 Å². The maximum absolute atomic E-state index is 13.4. The molecule has 0 aliphatic rings. The minimum Gasteiger partial charge on any atom is -0.490 e. The molecule has 2 rings (SSSR count). The molecule has 0 heterocycles. The summed E-state index contributed by atoms with van der Waals surface area (Å²) in [6, 6.07) is 1.80. The van der Waals surface area contributed by atoms with E-state index in [1.54, 1.807) is 19.1 Å². The van der Waals surface area contributed by atoms with Crippen LogP contribution in [0.1, 0.15) is 23.6 Å². The summed E-state index contributed by atoms with van der Waals surface area (Å²) in [6.45, 7) is 5.46. The van der Waals surface area contributed by atoms with Crippen LogP contribution in [-0.4, -0.2) is 31.0 Å².